The first-order valence-corrected chi connectivity index (χ1v) is 9.66. The third-order valence-electron chi connectivity index (χ3n) is 4.01. The Kier molecular flexibility index (Phi) is 18.8. The molecule has 2 radical (unpaired) electrons. The van der Waals surface area contributed by atoms with Crippen LogP contribution in [0.1, 0.15) is 110 Å². The molecule has 0 saturated carbocycles. The van der Waals surface area contributed by atoms with E-state index in [-0.39, 0.29) is 0 Å². The van der Waals surface area contributed by atoms with E-state index in [0.717, 1.165) is 6.16 Å². The fraction of sp³-hybridized carbons (Fsp3) is 1.00. The average molecular weight is 284 g/mol. The van der Waals surface area contributed by atoms with Crippen LogP contribution in [0.2, 0.25) is 0 Å². The van der Waals surface area contributed by atoms with Gasteiger partial charge in [0.25, 0.3) is 0 Å². The molecule has 0 N–H and O–H groups in total. The topological polar surface area (TPSA) is 0 Å². The summed E-state index contributed by atoms with van der Waals surface area (Å²) in [6.07, 6.45) is 24.2. The van der Waals surface area contributed by atoms with Gasteiger partial charge in [-0.25, -0.2) is 0 Å². The number of rotatable bonds is 16. The molecule has 0 aromatic heterocycles. The molecule has 0 unspecified atom stereocenters. The molecule has 0 rings (SSSR count). The summed E-state index contributed by atoms with van der Waals surface area (Å²) in [5.41, 5.74) is 0. The third kappa shape index (κ3) is 18.4. The van der Waals surface area contributed by atoms with Gasteiger partial charge in [0.2, 0.25) is 0 Å². The highest BCUT2D eigenvalue weighted by Gasteiger charge is 1.94. The van der Waals surface area contributed by atoms with Crippen molar-refractivity contribution in [1.29, 1.82) is 0 Å². The van der Waals surface area contributed by atoms with Crippen molar-refractivity contribution in [2.75, 3.05) is 6.16 Å². The van der Waals surface area contributed by atoms with E-state index in [2.05, 4.69) is 16.2 Å². The monoisotopic (exact) mass is 284 g/mol. The van der Waals surface area contributed by atoms with Crippen LogP contribution in [0, 0.1) is 0 Å². The van der Waals surface area contributed by atoms with Gasteiger partial charge in [0.15, 0.2) is 0 Å². The van der Waals surface area contributed by atoms with Crippen LogP contribution in [0.4, 0.5) is 0 Å². The predicted molar refractivity (Wildman–Crippen MR) is 91.3 cm³/mol. The van der Waals surface area contributed by atoms with Crippen LogP contribution in [0.25, 0.3) is 0 Å². The molecule has 19 heavy (non-hydrogen) atoms. The minimum Gasteiger partial charge on any atom is -0.0654 e. The number of hydrogen-bond donors (Lipinski definition) is 0. The molecule has 0 saturated heterocycles. The largest absolute Gasteiger partial charge is 0.0654 e. The summed E-state index contributed by atoms with van der Waals surface area (Å²) in [4.78, 5) is 0. The Morgan fingerprint density at radius 2 is 0.684 bits per heavy atom. The lowest BCUT2D eigenvalue weighted by molar-refractivity contribution is 0.531. The van der Waals surface area contributed by atoms with Crippen molar-refractivity contribution >= 4 is 9.24 Å². The first-order valence-electron chi connectivity index (χ1n) is 9.02. The van der Waals surface area contributed by atoms with E-state index in [4.69, 9.17) is 0 Å². The highest BCUT2D eigenvalue weighted by molar-refractivity contribution is 7.16. The van der Waals surface area contributed by atoms with E-state index in [9.17, 15) is 0 Å². The molecule has 0 aliphatic rings. The van der Waals surface area contributed by atoms with Crippen molar-refractivity contribution in [3.05, 3.63) is 0 Å². The molecule has 0 atom stereocenters. The Hall–Kier alpha value is 0.430. The molecule has 0 amide bonds. The van der Waals surface area contributed by atoms with E-state index < -0.39 is 0 Å². The zero-order chi connectivity index (χ0) is 14.0. The van der Waals surface area contributed by atoms with Gasteiger partial charge in [-0.1, -0.05) is 103 Å². The van der Waals surface area contributed by atoms with Crippen molar-refractivity contribution in [3.8, 4) is 0 Å². The summed E-state index contributed by atoms with van der Waals surface area (Å²) < 4.78 is 0. The van der Waals surface area contributed by atoms with E-state index in [0.29, 0.717) is 0 Å². The summed E-state index contributed by atoms with van der Waals surface area (Å²) in [5.74, 6) is 0. The Balaban J connectivity index is 2.88. The quantitative estimate of drug-likeness (QED) is 0.201. The van der Waals surface area contributed by atoms with Crippen LogP contribution in [-0.4, -0.2) is 6.16 Å². The van der Waals surface area contributed by atoms with Gasteiger partial charge in [-0.15, -0.1) is 0 Å². The minimum absolute atomic E-state index is 1.07. The highest BCUT2D eigenvalue weighted by atomic mass is 31.0. The van der Waals surface area contributed by atoms with Crippen LogP contribution >= 0.6 is 9.24 Å². The van der Waals surface area contributed by atoms with E-state index in [1.54, 1.807) is 0 Å². The standard InChI is InChI=1S/C18H37P/c1-2-3-4-5-6-7-8-9-10-11-12-13-14-15-16-17-18-19/h2-18H2,1H3. The molecule has 114 valence electrons. The molecule has 0 heterocycles. The molecular formula is C18H37P. The average Bonchev–Trinajstić information content (AvgIpc) is 2.43. The lowest BCUT2D eigenvalue weighted by Crippen LogP contribution is -1.83. The van der Waals surface area contributed by atoms with Crippen LogP contribution in [0.15, 0.2) is 0 Å². The highest BCUT2D eigenvalue weighted by Crippen LogP contribution is 2.13. The fourth-order valence-electron chi connectivity index (χ4n) is 2.66. The molecular weight excluding hydrogens is 247 g/mol. The molecule has 0 aromatic rings. The smallest absolute Gasteiger partial charge is 0.0242 e. The Morgan fingerprint density at radius 3 is 0.947 bits per heavy atom. The summed E-state index contributed by atoms with van der Waals surface area (Å²) in [5, 5.41) is 0. The van der Waals surface area contributed by atoms with Gasteiger partial charge in [0, 0.05) is 0 Å². The van der Waals surface area contributed by atoms with Crippen molar-refractivity contribution in [3.63, 3.8) is 0 Å². The maximum absolute atomic E-state index is 4.24. The Morgan fingerprint density at radius 1 is 0.421 bits per heavy atom. The van der Waals surface area contributed by atoms with Gasteiger partial charge in [-0.2, -0.15) is 0 Å². The first-order chi connectivity index (χ1) is 9.41. The molecule has 0 nitrogen and oxygen atoms in total. The van der Waals surface area contributed by atoms with Crippen LogP contribution in [-0.2, 0) is 0 Å². The van der Waals surface area contributed by atoms with E-state index in [1.165, 1.54) is 103 Å². The first kappa shape index (κ1) is 19.4. The van der Waals surface area contributed by atoms with Gasteiger partial charge < -0.3 is 0 Å². The van der Waals surface area contributed by atoms with Gasteiger partial charge in [0.05, 0.1) is 0 Å². The summed E-state index contributed by atoms with van der Waals surface area (Å²) in [7, 11) is 4.24. The number of hydrogen-bond acceptors (Lipinski definition) is 0. The van der Waals surface area contributed by atoms with Crippen LogP contribution in [0.3, 0.4) is 0 Å². The zero-order valence-electron chi connectivity index (χ0n) is 13.5. The molecule has 1 heteroatoms. The second kappa shape index (κ2) is 18.4. The molecule has 0 bridgehead atoms. The SMILES string of the molecule is CCCCCCCCCCCCCCCCCC[P]. The van der Waals surface area contributed by atoms with Crippen molar-refractivity contribution in [2.24, 2.45) is 0 Å². The second-order valence-electron chi connectivity index (χ2n) is 6.03. The Labute approximate surface area is 125 Å². The predicted octanol–water partition coefficient (Wildman–Crippen LogP) is 7.66. The molecule has 0 spiro atoms. The fourth-order valence-corrected chi connectivity index (χ4v) is 2.88. The Bertz CT molecular complexity index is 129. The van der Waals surface area contributed by atoms with Crippen molar-refractivity contribution < 1.29 is 0 Å². The van der Waals surface area contributed by atoms with E-state index in [1.807, 2.05) is 0 Å². The van der Waals surface area contributed by atoms with Gasteiger partial charge in [-0.3, -0.25) is 0 Å². The lowest BCUT2D eigenvalue weighted by atomic mass is 10.0. The van der Waals surface area contributed by atoms with Gasteiger partial charge >= 0.3 is 0 Å². The van der Waals surface area contributed by atoms with E-state index >= 15 is 0 Å². The summed E-state index contributed by atoms with van der Waals surface area (Å²) >= 11 is 0. The minimum atomic E-state index is 1.07. The molecule has 0 aromatic carbocycles. The molecule has 0 aliphatic heterocycles. The summed E-state index contributed by atoms with van der Waals surface area (Å²) in [6.45, 7) is 2.29. The third-order valence-corrected chi connectivity index (χ3v) is 4.33. The maximum atomic E-state index is 4.24. The van der Waals surface area contributed by atoms with Crippen LogP contribution < -0.4 is 0 Å². The second-order valence-corrected chi connectivity index (χ2v) is 6.47. The summed E-state index contributed by atoms with van der Waals surface area (Å²) in [6, 6.07) is 0. The van der Waals surface area contributed by atoms with Gasteiger partial charge in [0.1, 0.15) is 0 Å². The van der Waals surface area contributed by atoms with Crippen molar-refractivity contribution in [2.45, 2.75) is 110 Å². The number of unbranched alkanes of at least 4 members (excludes halogenated alkanes) is 15. The lowest BCUT2D eigenvalue weighted by Gasteiger charge is -2.03. The van der Waals surface area contributed by atoms with Gasteiger partial charge in [-0.05, 0) is 21.8 Å². The molecule has 0 fully saturated rings. The molecule has 0 aliphatic carbocycles. The van der Waals surface area contributed by atoms with Crippen LogP contribution in [0.5, 0.6) is 0 Å². The zero-order valence-corrected chi connectivity index (χ0v) is 14.4. The normalized spacial score (nSPS) is 11.1. The maximum Gasteiger partial charge on any atom is -0.0242 e. The van der Waals surface area contributed by atoms with Crippen molar-refractivity contribution in [1.82, 2.24) is 0 Å².